The number of benzene rings is 1. The molecule has 1 heterocycles. The normalized spacial score (nSPS) is 10.3. The van der Waals surface area contributed by atoms with E-state index in [2.05, 4.69) is 45.0 Å². The number of nitrogens with one attached hydrogen (secondary N) is 1. The molecule has 0 fully saturated rings. The largest absolute Gasteiger partial charge is 0.345 e. The van der Waals surface area contributed by atoms with Gasteiger partial charge in [-0.05, 0) is 24.6 Å². The SMILES string of the molecule is Cc1cc(Br)ccc1-c1cnc[nH]1. The lowest BCUT2D eigenvalue weighted by Crippen LogP contribution is -1.82. The van der Waals surface area contributed by atoms with Crippen LogP contribution >= 0.6 is 15.9 Å². The molecule has 66 valence electrons. The second kappa shape index (κ2) is 3.34. The van der Waals surface area contributed by atoms with Gasteiger partial charge in [-0.15, -0.1) is 0 Å². The van der Waals surface area contributed by atoms with Crippen molar-refractivity contribution in [1.82, 2.24) is 9.97 Å². The molecule has 2 nitrogen and oxygen atoms in total. The number of rotatable bonds is 1. The predicted octanol–water partition coefficient (Wildman–Crippen LogP) is 3.15. The molecule has 0 saturated heterocycles. The summed E-state index contributed by atoms with van der Waals surface area (Å²) in [7, 11) is 0. The van der Waals surface area contributed by atoms with Crippen molar-refractivity contribution in [2.75, 3.05) is 0 Å². The Morgan fingerprint density at radius 1 is 1.38 bits per heavy atom. The number of imidazole rings is 1. The molecule has 2 rings (SSSR count). The summed E-state index contributed by atoms with van der Waals surface area (Å²) in [4.78, 5) is 7.08. The standard InChI is InChI=1S/C10H9BrN2/c1-7-4-8(11)2-3-9(7)10-5-12-6-13-10/h2-6H,1H3,(H,12,13). The molecule has 0 radical (unpaired) electrons. The van der Waals surface area contributed by atoms with Crippen molar-refractivity contribution in [3.63, 3.8) is 0 Å². The van der Waals surface area contributed by atoms with Gasteiger partial charge in [0, 0.05) is 10.0 Å². The summed E-state index contributed by atoms with van der Waals surface area (Å²) in [6, 6.07) is 6.20. The highest BCUT2D eigenvalue weighted by Gasteiger charge is 2.02. The molecular formula is C10H9BrN2. The van der Waals surface area contributed by atoms with E-state index >= 15 is 0 Å². The third-order valence-corrected chi connectivity index (χ3v) is 2.47. The number of aryl methyl sites for hydroxylation is 1. The number of aromatic nitrogens is 2. The van der Waals surface area contributed by atoms with E-state index in [0.29, 0.717) is 0 Å². The molecule has 1 aromatic heterocycles. The topological polar surface area (TPSA) is 28.7 Å². The molecule has 0 aliphatic heterocycles. The molecule has 2 aromatic rings. The summed E-state index contributed by atoms with van der Waals surface area (Å²) in [5.41, 5.74) is 3.49. The summed E-state index contributed by atoms with van der Waals surface area (Å²) in [5, 5.41) is 0. The van der Waals surface area contributed by atoms with Crippen LogP contribution in [0.15, 0.2) is 35.2 Å². The van der Waals surface area contributed by atoms with Crippen molar-refractivity contribution in [3.05, 3.63) is 40.8 Å². The Labute approximate surface area is 85.1 Å². The van der Waals surface area contributed by atoms with Crippen LogP contribution in [0.5, 0.6) is 0 Å². The number of nitrogens with zero attached hydrogens (tertiary/aromatic N) is 1. The van der Waals surface area contributed by atoms with E-state index < -0.39 is 0 Å². The summed E-state index contributed by atoms with van der Waals surface area (Å²) in [5.74, 6) is 0. The maximum absolute atomic E-state index is 3.99. The number of hydrogen-bond acceptors (Lipinski definition) is 1. The maximum atomic E-state index is 3.99. The van der Waals surface area contributed by atoms with Gasteiger partial charge in [0.25, 0.3) is 0 Å². The monoisotopic (exact) mass is 236 g/mol. The van der Waals surface area contributed by atoms with Gasteiger partial charge in [0.1, 0.15) is 0 Å². The smallest absolute Gasteiger partial charge is 0.0924 e. The van der Waals surface area contributed by atoms with Crippen LogP contribution in [0.25, 0.3) is 11.3 Å². The van der Waals surface area contributed by atoms with Crippen molar-refractivity contribution in [2.24, 2.45) is 0 Å². The predicted molar refractivity (Wildman–Crippen MR) is 56.5 cm³/mol. The van der Waals surface area contributed by atoms with Crippen LogP contribution in [0.2, 0.25) is 0 Å². The van der Waals surface area contributed by atoms with Crippen LogP contribution in [0.1, 0.15) is 5.56 Å². The average molecular weight is 237 g/mol. The molecule has 0 aliphatic carbocycles. The molecule has 0 spiro atoms. The molecule has 0 amide bonds. The first kappa shape index (κ1) is 8.51. The summed E-state index contributed by atoms with van der Waals surface area (Å²) in [6.07, 6.45) is 3.52. The van der Waals surface area contributed by atoms with Gasteiger partial charge in [-0.2, -0.15) is 0 Å². The van der Waals surface area contributed by atoms with Gasteiger partial charge in [-0.25, -0.2) is 4.98 Å². The zero-order valence-electron chi connectivity index (χ0n) is 7.21. The highest BCUT2D eigenvalue weighted by atomic mass is 79.9. The Morgan fingerprint density at radius 2 is 2.23 bits per heavy atom. The van der Waals surface area contributed by atoms with E-state index in [4.69, 9.17) is 0 Å². The van der Waals surface area contributed by atoms with E-state index in [1.807, 2.05) is 12.3 Å². The van der Waals surface area contributed by atoms with Crippen molar-refractivity contribution in [3.8, 4) is 11.3 Å². The summed E-state index contributed by atoms with van der Waals surface area (Å²) >= 11 is 3.43. The van der Waals surface area contributed by atoms with E-state index in [9.17, 15) is 0 Å². The zero-order valence-corrected chi connectivity index (χ0v) is 8.80. The maximum Gasteiger partial charge on any atom is 0.0924 e. The third-order valence-electron chi connectivity index (χ3n) is 1.98. The van der Waals surface area contributed by atoms with Crippen LogP contribution in [0.4, 0.5) is 0 Å². The fourth-order valence-corrected chi connectivity index (χ4v) is 1.81. The molecule has 1 N–H and O–H groups in total. The fraction of sp³-hybridized carbons (Fsp3) is 0.100. The molecule has 0 atom stereocenters. The Morgan fingerprint density at radius 3 is 2.85 bits per heavy atom. The Kier molecular flexibility index (Phi) is 2.19. The molecule has 13 heavy (non-hydrogen) atoms. The minimum atomic E-state index is 1.06. The number of halogens is 1. The van der Waals surface area contributed by atoms with Gasteiger partial charge in [-0.1, -0.05) is 22.0 Å². The highest BCUT2D eigenvalue weighted by Crippen LogP contribution is 2.23. The van der Waals surface area contributed by atoms with Gasteiger partial charge in [-0.3, -0.25) is 0 Å². The molecule has 0 saturated carbocycles. The third kappa shape index (κ3) is 1.65. The van der Waals surface area contributed by atoms with Gasteiger partial charge < -0.3 is 4.98 Å². The fourth-order valence-electron chi connectivity index (χ4n) is 1.33. The lowest BCUT2D eigenvalue weighted by Gasteiger charge is -2.02. The number of H-pyrrole nitrogens is 1. The number of hydrogen-bond donors (Lipinski definition) is 1. The first-order valence-electron chi connectivity index (χ1n) is 4.02. The zero-order chi connectivity index (χ0) is 9.26. The minimum Gasteiger partial charge on any atom is -0.345 e. The summed E-state index contributed by atoms with van der Waals surface area (Å²) in [6.45, 7) is 2.08. The van der Waals surface area contributed by atoms with Gasteiger partial charge in [0.2, 0.25) is 0 Å². The van der Waals surface area contributed by atoms with Gasteiger partial charge >= 0.3 is 0 Å². The lowest BCUT2D eigenvalue weighted by atomic mass is 10.1. The van der Waals surface area contributed by atoms with E-state index in [1.165, 1.54) is 11.1 Å². The molecule has 3 heteroatoms. The van der Waals surface area contributed by atoms with Crippen molar-refractivity contribution in [1.29, 1.82) is 0 Å². The lowest BCUT2D eigenvalue weighted by molar-refractivity contribution is 1.31. The minimum absolute atomic E-state index is 1.06. The number of aromatic amines is 1. The van der Waals surface area contributed by atoms with Crippen molar-refractivity contribution in [2.45, 2.75) is 6.92 Å². The molecule has 0 bridgehead atoms. The molecule has 1 aromatic carbocycles. The molecule has 0 unspecified atom stereocenters. The molecule has 0 aliphatic rings. The highest BCUT2D eigenvalue weighted by molar-refractivity contribution is 9.10. The van der Waals surface area contributed by atoms with E-state index in [0.717, 1.165) is 10.2 Å². The molecular weight excluding hydrogens is 228 g/mol. The first-order chi connectivity index (χ1) is 6.27. The van der Waals surface area contributed by atoms with E-state index in [-0.39, 0.29) is 0 Å². The Balaban J connectivity index is 2.53. The average Bonchev–Trinajstić information content (AvgIpc) is 2.56. The Hall–Kier alpha value is -1.09. The first-order valence-corrected chi connectivity index (χ1v) is 4.81. The quantitative estimate of drug-likeness (QED) is 0.810. The van der Waals surface area contributed by atoms with Crippen molar-refractivity contribution < 1.29 is 0 Å². The van der Waals surface area contributed by atoms with Crippen molar-refractivity contribution >= 4 is 15.9 Å². The van der Waals surface area contributed by atoms with Crippen LogP contribution < -0.4 is 0 Å². The Bertz CT molecular complexity index is 407. The van der Waals surface area contributed by atoms with Crippen LogP contribution in [-0.4, -0.2) is 9.97 Å². The van der Waals surface area contributed by atoms with Crippen LogP contribution in [0.3, 0.4) is 0 Å². The van der Waals surface area contributed by atoms with Gasteiger partial charge in [0.05, 0.1) is 18.2 Å². The summed E-state index contributed by atoms with van der Waals surface area (Å²) < 4.78 is 1.10. The second-order valence-electron chi connectivity index (χ2n) is 2.92. The van der Waals surface area contributed by atoms with E-state index in [1.54, 1.807) is 6.33 Å². The van der Waals surface area contributed by atoms with Crippen LogP contribution in [0, 0.1) is 6.92 Å². The second-order valence-corrected chi connectivity index (χ2v) is 3.84. The van der Waals surface area contributed by atoms with Crippen LogP contribution in [-0.2, 0) is 0 Å². The van der Waals surface area contributed by atoms with Gasteiger partial charge in [0.15, 0.2) is 0 Å².